The van der Waals surface area contributed by atoms with Crippen LogP contribution in [0.3, 0.4) is 0 Å². The molecule has 554 valence electrons. The number of hydrogen-bond acceptors (Lipinski definition) is 22. The Kier molecular flexibility index (Phi) is 28.0. The Morgan fingerprint density at radius 3 is 2.09 bits per heavy atom. The van der Waals surface area contributed by atoms with Crippen LogP contribution in [-0.4, -0.2) is 201 Å². The van der Waals surface area contributed by atoms with Gasteiger partial charge in [0, 0.05) is 89.8 Å². The van der Waals surface area contributed by atoms with Crippen molar-refractivity contribution in [2.45, 2.75) is 129 Å². The maximum Gasteiger partial charge on any atom is 1.00 e. The van der Waals surface area contributed by atoms with Crippen molar-refractivity contribution in [3.05, 3.63) is 136 Å². The van der Waals surface area contributed by atoms with Gasteiger partial charge in [-0.15, -0.1) is 0 Å². The number of alkyl carbamates (subject to hydrolysis) is 1. The highest BCUT2D eigenvalue weighted by Crippen LogP contribution is 2.50. The summed E-state index contributed by atoms with van der Waals surface area (Å²) in [5, 5.41) is 95.5. The number of epoxide rings is 1. The maximum atomic E-state index is 14.0. The molecule has 0 radical (unpaired) electrons. The van der Waals surface area contributed by atoms with Gasteiger partial charge in [-0.1, -0.05) is 80.4 Å². The zero-order chi connectivity index (χ0) is 73.8. The molecule has 0 spiro atoms. The lowest BCUT2D eigenvalue weighted by molar-refractivity contribution is -0.161. The highest BCUT2D eigenvalue weighted by Gasteiger charge is 2.64. The van der Waals surface area contributed by atoms with Crippen LogP contribution in [0, 0.1) is 17.8 Å². The average Bonchev–Trinajstić information content (AvgIpc) is 1.61. The number of carbonyl (C=O) groups excluding carboxylic acids is 5. The molecule has 1 aliphatic carbocycles. The van der Waals surface area contributed by atoms with E-state index in [9.17, 15) is 54.6 Å². The molecule has 10 rings (SSSR count). The van der Waals surface area contributed by atoms with E-state index in [1.165, 1.54) is 63.1 Å². The van der Waals surface area contributed by atoms with Crippen LogP contribution < -0.4 is 43.3 Å². The van der Waals surface area contributed by atoms with Crippen molar-refractivity contribution >= 4 is 63.5 Å². The molecule has 6 aromatic rings. The number of aliphatic hydroxyl groups is 3. The molecule has 1 aromatic heterocycles. The number of aliphatic hydroxyl groups excluding tert-OH is 2. The predicted molar refractivity (Wildman–Crippen MR) is 382 cm³/mol. The number of fused-ring (bicyclic) bond motifs is 7. The van der Waals surface area contributed by atoms with Gasteiger partial charge in [0.25, 0.3) is 0 Å². The molecule has 0 unspecified atom stereocenters. The van der Waals surface area contributed by atoms with Crippen LogP contribution in [0.1, 0.15) is 95.3 Å². The van der Waals surface area contributed by atoms with Gasteiger partial charge in [0.1, 0.15) is 52.2 Å². The lowest BCUT2D eigenvalue weighted by Gasteiger charge is -2.42. The van der Waals surface area contributed by atoms with Gasteiger partial charge in [0.2, 0.25) is 11.8 Å². The van der Waals surface area contributed by atoms with E-state index in [1.807, 2.05) is 48.0 Å². The van der Waals surface area contributed by atoms with Gasteiger partial charge in [-0.25, -0.2) is 9.59 Å². The molecule has 10 atom stereocenters. The number of esters is 1. The monoisotopic (exact) mass is 1450 g/mol. The molecular weight excluding hydrogens is 1360 g/mol. The van der Waals surface area contributed by atoms with Crippen molar-refractivity contribution < 1.29 is 102 Å². The number of hydrogen-bond donors (Lipinski definition) is 12. The normalized spacial score (nSPS) is 22.3. The number of amides is 3. The number of rotatable bonds is 21. The van der Waals surface area contributed by atoms with Crippen LogP contribution in [-0.2, 0) is 59.1 Å². The number of aromatic nitrogens is 2. The van der Waals surface area contributed by atoms with Gasteiger partial charge in [-0.05, 0) is 123 Å². The number of phenolic OH excluding ortho intramolecular Hbond substituents is 5. The largest absolute Gasteiger partial charge is 1.00 e. The highest BCUT2D eigenvalue weighted by molar-refractivity contribution is 6.35. The quantitative estimate of drug-likeness (QED) is 0.0200. The van der Waals surface area contributed by atoms with Crippen LogP contribution in [0.15, 0.2) is 103 Å². The minimum Gasteiger partial charge on any atom is -1.00 e. The van der Waals surface area contributed by atoms with E-state index in [-0.39, 0.29) is 90.9 Å². The first-order valence-corrected chi connectivity index (χ1v) is 34.0. The molecule has 28 heteroatoms. The van der Waals surface area contributed by atoms with E-state index < -0.39 is 65.7 Å². The number of allylic oxidation sites excluding steroid dienone is 3. The maximum absolute atomic E-state index is 14.0. The van der Waals surface area contributed by atoms with Crippen molar-refractivity contribution in [2.75, 3.05) is 84.5 Å². The molecular formula is C74H96Cl2N8O18. The number of carbonyl (C=O) groups is 5. The molecule has 4 aliphatic rings. The molecule has 0 saturated carbocycles. The fourth-order valence-corrected chi connectivity index (χ4v) is 13.1. The smallest absolute Gasteiger partial charge is 1.00 e. The summed E-state index contributed by atoms with van der Waals surface area (Å²) in [4.78, 5) is 68.2. The summed E-state index contributed by atoms with van der Waals surface area (Å²) in [7, 11) is 5.97. The van der Waals surface area contributed by atoms with E-state index in [2.05, 4.69) is 35.1 Å². The molecule has 2 saturated heterocycles. The number of methoxy groups -OCH3 is 2. The number of anilines is 2. The third-order valence-corrected chi connectivity index (χ3v) is 19.5. The lowest BCUT2D eigenvalue weighted by atomic mass is 9.83. The van der Waals surface area contributed by atoms with Crippen LogP contribution in [0.5, 0.6) is 34.5 Å². The number of likely N-dealkylation sites (N-methyl/N-ethyl adjacent to an activating group) is 1. The first kappa shape index (κ1) is 80.6. The molecule has 12 N–H and O–H groups in total. The number of ether oxygens (including phenoxy) is 5. The van der Waals surface area contributed by atoms with E-state index in [4.69, 9.17) is 50.6 Å². The summed E-state index contributed by atoms with van der Waals surface area (Å²) in [6, 6.07) is 21.3. The van der Waals surface area contributed by atoms with Crippen molar-refractivity contribution in [3.8, 4) is 45.8 Å². The van der Waals surface area contributed by atoms with Crippen LogP contribution in [0.25, 0.3) is 22.2 Å². The van der Waals surface area contributed by atoms with E-state index >= 15 is 0 Å². The second-order valence-corrected chi connectivity index (χ2v) is 26.8. The fraction of sp³-hybridized carbons (Fsp3) is 0.459. The third kappa shape index (κ3) is 18.9. The predicted octanol–water partition coefficient (Wildman–Crippen LogP) is 4.75. The van der Waals surface area contributed by atoms with Gasteiger partial charge in [0.05, 0.1) is 61.7 Å². The number of halogens is 2. The Labute approximate surface area is 606 Å². The molecule has 3 aliphatic heterocycles. The van der Waals surface area contributed by atoms with Crippen LogP contribution in [0.4, 0.5) is 16.2 Å². The molecule has 102 heavy (non-hydrogen) atoms. The Hall–Kier alpha value is -8.70. The number of aromatic hydroxyl groups is 5. The summed E-state index contributed by atoms with van der Waals surface area (Å²) in [5.74, 6) is -1.60. The first-order chi connectivity index (χ1) is 48.0. The van der Waals surface area contributed by atoms with Gasteiger partial charge >= 0.3 is 13.5 Å². The minimum absolute atomic E-state index is 0. The standard InChI is InChI=1S/C34H46ClN3O10.C22H27N5O4.C18H22O4.ClH/c1-18-11-10-12-26(45-9)34(43)17-25(46-32(42)36-34)19(2)30-33(5,48-30)27(47-31(41)20(3)37(6)21(4)39)16-28(40)38(7)23-14-22(13-18)15-24(44-8)29(23)35;28-12-9-23-6-7-25-15-4-5-16-20-19(15)22(31)18-14(2-1-3-17(18)30)21(20)26-27(16)11-8-24-10-13-29;1-11(7-13-3-5-15(19)17(21)9-13)12(2)8-14-4-6-16(20)18(22)10-14;/h10-12,14-15,19-20,25-27,30,43H,13,16-17H2,1-9H3,(H,36,42);1-5,23-25,28-30H,6-13H2;3-6,9-12,19-22H,7-8H2,1-2H3;1H/b12-10-,18-11-;;;/t19-,20+,25+,26-,27+,30+,33+,34+;;11-,12+;/m1.../s1. The van der Waals surface area contributed by atoms with Crippen LogP contribution >= 0.6 is 11.6 Å². The summed E-state index contributed by atoms with van der Waals surface area (Å²) in [6.07, 6.45) is 2.60. The van der Waals surface area contributed by atoms with Crippen molar-refractivity contribution in [1.82, 2.24) is 30.6 Å². The van der Waals surface area contributed by atoms with Gasteiger partial charge in [-0.3, -0.25) is 24.4 Å². The van der Waals surface area contributed by atoms with E-state index in [1.54, 1.807) is 63.4 Å². The van der Waals surface area contributed by atoms with Crippen molar-refractivity contribution in [1.29, 1.82) is 0 Å². The minimum atomic E-state index is -1.81. The Bertz CT molecular complexity index is 3990. The number of phenols is 5. The van der Waals surface area contributed by atoms with E-state index in [0.29, 0.717) is 91.5 Å². The van der Waals surface area contributed by atoms with Gasteiger partial charge in [0.15, 0.2) is 34.5 Å². The SMILES string of the molecule is COc1cc2cc(c1Cl)N(C)C(=O)C[C@H](OC(=O)[C@H](C)N(C)C(C)=O)[C@]1(C)O[C@H]1[C@H](C)[C@@H]1C[C@@](O)(NC(=O)O1)[C@H](OC)/C=C\C=C(\C)C2.C[C@H](Cc1ccc(O)c(O)c1)[C@@H](C)Cc1ccc(O)c(O)c1.O=C1c2c(O)cccc2-c2nn(CCNCCO)c3ccc(NCCNCCO)c1c23.[Cl-].[H+]. The Morgan fingerprint density at radius 1 is 0.853 bits per heavy atom. The third-order valence-electron chi connectivity index (χ3n) is 19.2. The number of benzene rings is 5. The number of nitrogens with one attached hydrogen (secondary N) is 4. The van der Waals surface area contributed by atoms with Gasteiger partial charge in [-0.2, -0.15) is 5.10 Å². The summed E-state index contributed by atoms with van der Waals surface area (Å²) >= 11 is 6.71. The van der Waals surface area contributed by atoms with Crippen LogP contribution in [0.2, 0.25) is 5.02 Å². The van der Waals surface area contributed by atoms with Crippen molar-refractivity contribution in [3.63, 3.8) is 0 Å². The topological polar surface area (TPSA) is 369 Å². The number of ketones is 1. The molecule has 26 nitrogen and oxygen atoms in total. The summed E-state index contributed by atoms with van der Waals surface area (Å²) < 4.78 is 30.8. The summed E-state index contributed by atoms with van der Waals surface area (Å²) in [6.45, 7) is 16.1. The zero-order valence-corrected chi connectivity index (χ0v) is 60.8. The Morgan fingerprint density at radius 2 is 1.49 bits per heavy atom. The highest BCUT2D eigenvalue weighted by atomic mass is 35.5. The van der Waals surface area contributed by atoms with Gasteiger partial charge < -0.3 is 103 Å². The molecule has 2 fully saturated rings. The lowest BCUT2D eigenvalue weighted by Crippen LogP contribution is -3.00. The summed E-state index contributed by atoms with van der Waals surface area (Å²) in [5.41, 5.74) is 4.71. The first-order valence-electron chi connectivity index (χ1n) is 33.6. The molecule has 4 bridgehead atoms. The van der Waals surface area contributed by atoms with Crippen molar-refractivity contribution in [2.24, 2.45) is 17.8 Å². The second kappa shape index (κ2) is 35.5. The average molecular weight is 1460 g/mol. The molecule has 3 amide bonds. The fourth-order valence-electron chi connectivity index (χ4n) is 12.8. The Balaban J connectivity index is 0.000000260. The zero-order valence-electron chi connectivity index (χ0n) is 60.3. The number of nitrogens with zero attached hydrogens (tertiary/aromatic N) is 4. The molecule has 4 heterocycles. The van der Waals surface area contributed by atoms with E-state index in [0.717, 1.165) is 46.0 Å². The second-order valence-electron chi connectivity index (χ2n) is 26.4. The molecule has 5 aromatic carbocycles.